The lowest BCUT2D eigenvalue weighted by atomic mass is 9.96. The van der Waals surface area contributed by atoms with Crippen LogP contribution in [-0.4, -0.2) is 63.2 Å². The van der Waals surface area contributed by atoms with Gasteiger partial charge in [-0.3, -0.25) is 9.59 Å². The molecule has 0 bridgehead atoms. The fourth-order valence-electron chi connectivity index (χ4n) is 2.65. The smallest absolute Gasteiger partial charge is 0.263 e. The normalized spacial score (nSPS) is 15.5. The van der Waals surface area contributed by atoms with Crippen molar-refractivity contribution in [3.63, 3.8) is 0 Å². The van der Waals surface area contributed by atoms with E-state index in [1.807, 2.05) is 0 Å². The van der Waals surface area contributed by atoms with Crippen LogP contribution in [0, 0.1) is 5.92 Å². The van der Waals surface area contributed by atoms with Crippen LogP contribution in [0.3, 0.4) is 0 Å². The first-order valence-corrected chi connectivity index (χ1v) is 9.33. The van der Waals surface area contributed by atoms with Gasteiger partial charge in [0.1, 0.15) is 0 Å². The number of nitrogens with one attached hydrogen (secondary N) is 2. The van der Waals surface area contributed by atoms with Gasteiger partial charge in [-0.05, 0) is 25.0 Å². The predicted octanol–water partition coefficient (Wildman–Crippen LogP) is 1.61. The zero-order valence-electron chi connectivity index (χ0n) is 13.8. The van der Waals surface area contributed by atoms with Crippen LogP contribution in [0.1, 0.15) is 22.5 Å². The summed E-state index contributed by atoms with van der Waals surface area (Å²) in [7, 11) is 1.66. The van der Waals surface area contributed by atoms with Gasteiger partial charge in [0.05, 0.1) is 15.8 Å². The Labute approximate surface area is 151 Å². The summed E-state index contributed by atoms with van der Waals surface area (Å²) in [6.07, 6.45) is 1.40. The summed E-state index contributed by atoms with van der Waals surface area (Å²) in [6, 6.07) is 3.49. The van der Waals surface area contributed by atoms with Crippen LogP contribution in [0.4, 0.5) is 0 Å². The van der Waals surface area contributed by atoms with Crippen LogP contribution < -0.4 is 10.6 Å². The van der Waals surface area contributed by atoms with Gasteiger partial charge in [0, 0.05) is 45.8 Å². The average molecular weight is 374 g/mol. The number of ether oxygens (including phenoxy) is 1. The van der Waals surface area contributed by atoms with E-state index in [1.165, 1.54) is 11.3 Å². The minimum atomic E-state index is -0.0139. The third-order valence-corrected chi connectivity index (χ3v) is 5.24. The lowest BCUT2D eigenvalue weighted by Crippen LogP contribution is -2.44. The number of nitrogens with zero attached hydrogens (tertiary/aromatic N) is 1. The average Bonchev–Trinajstić information content (AvgIpc) is 3.03. The summed E-state index contributed by atoms with van der Waals surface area (Å²) in [5.74, 6) is 0.0721. The second-order valence-corrected chi connectivity index (χ2v) is 7.42. The lowest BCUT2D eigenvalue weighted by Gasteiger charge is -2.31. The van der Waals surface area contributed by atoms with Crippen molar-refractivity contribution < 1.29 is 14.3 Å². The molecular weight excluding hydrogens is 350 g/mol. The summed E-state index contributed by atoms with van der Waals surface area (Å²) in [4.78, 5) is 27.0. The van der Waals surface area contributed by atoms with Crippen molar-refractivity contribution in [3.05, 3.63) is 21.3 Å². The molecule has 1 aliphatic rings. The van der Waals surface area contributed by atoms with E-state index in [1.54, 1.807) is 24.1 Å². The Morgan fingerprint density at radius 2 is 2.04 bits per heavy atom. The van der Waals surface area contributed by atoms with E-state index in [0.717, 1.165) is 13.1 Å². The second kappa shape index (κ2) is 9.98. The number of amides is 2. The van der Waals surface area contributed by atoms with Crippen molar-refractivity contribution >= 4 is 34.8 Å². The highest BCUT2D eigenvalue weighted by Gasteiger charge is 2.28. The maximum Gasteiger partial charge on any atom is 0.263 e. The van der Waals surface area contributed by atoms with E-state index in [9.17, 15) is 9.59 Å². The monoisotopic (exact) mass is 373 g/mol. The van der Waals surface area contributed by atoms with Crippen LogP contribution >= 0.6 is 22.9 Å². The molecule has 0 aromatic carbocycles. The van der Waals surface area contributed by atoms with E-state index in [-0.39, 0.29) is 17.7 Å². The Morgan fingerprint density at radius 1 is 1.29 bits per heavy atom. The molecule has 1 aromatic rings. The van der Waals surface area contributed by atoms with Gasteiger partial charge in [-0.25, -0.2) is 0 Å². The maximum absolute atomic E-state index is 12.3. The Bertz CT molecular complexity index is 544. The van der Waals surface area contributed by atoms with Crippen molar-refractivity contribution in [2.45, 2.75) is 12.8 Å². The van der Waals surface area contributed by atoms with Crippen molar-refractivity contribution in [2.75, 3.05) is 46.4 Å². The van der Waals surface area contributed by atoms with Gasteiger partial charge < -0.3 is 20.3 Å². The number of hydrogen-bond acceptors (Lipinski definition) is 5. The van der Waals surface area contributed by atoms with E-state index < -0.39 is 0 Å². The largest absolute Gasteiger partial charge is 0.383 e. The lowest BCUT2D eigenvalue weighted by molar-refractivity contribution is -0.126. The number of piperidine rings is 1. The quantitative estimate of drug-likeness (QED) is 0.679. The van der Waals surface area contributed by atoms with Crippen LogP contribution in [0.15, 0.2) is 12.1 Å². The molecule has 0 unspecified atom stereocenters. The highest BCUT2D eigenvalue weighted by atomic mass is 35.5. The van der Waals surface area contributed by atoms with Crippen LogP contribution in [0.5, 0.6) is 0 Å². The Morgan fingerprint density at radius 3 is 2.67 bits per heavy atom. The van der Waals surface area contributed by atoms with Gasteiger partial charge in [-0.2, -0.15) is 0 Å². The number of halogens is 1. The van der Waals surface area contributed by atoms with Gasteiger partial charge in [0.25, 0.3) is 5.91 Å². The van der Waals surface area contributed by atoms with Gasteiger partial charge >= 0.3 is 0 Å². The van der Waals surface area contributed by atoms with Crippen LogP contribution in [-0.2, 0) is 9.53 Å². The molecule has 134 valence electrons. The maximum atomic E-state index is 12.3. The molecular formula is C16H24ClN3O3S. The van der Waals surface area contributed by atoms with Gasteiger partial charge in [0.2, 0.25) is 5.91 Å². The van der Waals surface area contributed by atoms with Crippen LogP contribution in [0.25, 0.3) is 0 Å². The van der Waals surface area contributed by atoms with Crippen molar-refractivity contribution in [1.29, 1.82) is 0 Å². The molecule has 1 aliphatic heterocycles. The molecule has 0 saturated carbocycles. The molecule has 1 fully saturated rings. The Kier molecular flexibility index (Phi) is 7.98. The summed E-state index contributed by atoms with van der Waals surface area (Å²) < 4.78 is 5.56. The third-order valence-electron chi connectivity index (χ3n) is 4.02. The van der Waals surface area contributed by atoms with E-state index in [0.29, 0.717) is 48.3 Å². The first kappa shape index (κ1) is 19.2. The number of carbonyl (C=O) groups excluding carboxylic acids is 2. The second-order valence-electron chi connectivity index (χ2n) is 5.70. The standard InChI is InChI=1S/C16H24ClN3O3S/c1-23-11-8-18-6-7-19-15(21)12-4-9-20(10-5-12)16(22)13-2-3-14(17)24-13/h2-3,12,18H,4-11H2,1H3,(H,19,21). The number of thiophene rings is 1. The number of methoxy groups -OCH3 is 1. The molecule has 1 saturated heterocycles. The molecule has 0 atom stereocenters. The van der Waals surface area contributed by atoms with E-state index in [4.69, 9.17) is 16.3 Å². The molecule has 1 aromatic heterocycles. The van der Waals surface area contributed by atoms with E-state index >= 15 is 0 Å². The summed E-state index contributed by atoms with van der Waals surface area (Å²) in [5.41, 5.74) is 0. The fraction of sp³-hybridized carbons (Fsp3) is 0.625. The summed E-state index contributed by atoms with van der Waals surface area (Å²) in [5, 5.41) is 6.13. The SMILES string of the molecule is COCCNCCNC(=O)C1CCN(C(=O)c2ccc(Cl)s2)CC1. The Balaban J connectivity index is 1.66. The third kappa shape index (κ3) is 5.73. The van der Waals surface area contributed by atoms with Crippen LogP contribution in [0.2, 0.25) is 4.34 Å². The molecule has 2 amide bonds. The van der Waals surface area contributed by atoms with Gasteiger partial charge in [-0.15, -0.1) is 11.3 Å². The van der Waals surface area contributed by atoms with Crippen molar-refractivity contribution in [3.8, 4) is 0 Å². The molecule has 8 heteroatoms. The Hall–Kier alpha value is -1.15. The molecule has 2 heterocycles. The highest BCUT2D eigenvalue weighted by Crippen LogP contribution is 2.25. The first-order valence-electron chi connectivity index (χ1n) is 8.13. The first-order chi connectivity index (χ1) is 11.6. The number of hydrogen-bond donors (Lipinski definition) is 2. The van der Waals surface area contributed by atoms with Crippen molar-refractivity contribution in [2.24, 2.45) is 5.92 Å². The molecule has 0 aliphatic carbocycles. The molecule has 0 spiro atoms. The highest BCUT2D eigenvalue weighted by molar-refractivity contribution is 7.17. The number of carbonyl (C=O) groups is 2. The molecule has 0 radical (unpaired) electrons. The number of likely N-dealkylation sites (tertiary alicyclic amines) is 1. The molecule has 6 nitrogen and oxygen atoms in total. The number of rotatable bonds is 8. The topological polar surface area (TPSA) is 70.7 Å². The molecule has 2 rings (SSSR count). The minimum absolute atomic E-state index is 0.00750. The van der Waals surface area contributed by atoms with E-state index in [2.05, 4.69) is 10.6 Å². The summed E-state index contributed by atoms with van der Waals surface area (Å²) in [6.45, 7) is 3.99. The zero-order chi connectivity index (χ0) is 17.4. The zero-order valence-corrected chi connectivity index (χ0v) is 15.4. The van der Waals surface area contributed by atoms with Crippen molar-refractivity contribution in [1.82, 2.24) is 15.5 Å². The van der Waals surface area contributed by atoms with Gasteiger partial charge in [0.15, 0.2) is 0 Å². The molecule has 2 N–H and O–H groups in total. The van der Waals surface area contributed by atoms with Gasteiger partial charge in [-0.1, -0.05) is 11.6 Å². The summed E-state index contributed by atoms with van der Waals surface area (Å²) >= 11 is 7.17. The minimum Gasteiger partial charge on any atom is -0.383 e. The fourth-order valence-corrected chi connectivity index (χ4v) is 3.66. The molecule has 24 heavy (non-hydrogen) atoms. The predicted molar refractivity (Wildman–Crippen MR) is 95.7 cm³/mol.